The number of halogens is 3. The van der Waals surface area contributed by atoms with Crippen molar-refractivity contribution in [3.63, 3.8) is 0 Å². The summed E-state index contributed by atoms with van der Waals surface area (Å²) in [6, 6.07) is 3.93. The fraction of sp³-hybridized carbons (Fsp3) is 0.429. The molecule has 1 aromatic carbocycles. The lowest BCUT2D eigenvalue weighted by Gasteiger charge is -2.14. The summed E-state index contributed by atoms with van der Waals surface area (Å²) in [5.41, 5.74) is 2.74. The molecular weight excluding hydrogens is 375 g/mol. The van der Waals surface area contributed by atoms with Gasteiger partial charge in [0.2, 0.25) is 0 Å². The van der Waals surface area contributed by atoms with Gasteiger partial charge in [0.15, 0.2) is 0 Å². The number of benzene rings is 1. The lowest BCUT2D eigenvalue weighted by atomic mass is 10.1. The number of hydrogen-bond acceptors (Lipinski definition) is 3. The third-order valence-corrected chi connectivity index (χ3v) is 5.22. The summed E-state index contributed by atoms with van der Waals surface area (Å²) in [5, 5.41) is 12.8. The average Bonchev–Trinajstić information content (AvgIpc) is 2.90. The van der Waals surface area contributed by atoms with E-state index in [2.05, 4.69) is 45.4 Å². The van der Waals surface area contributed by atoms with Crippen LogP contribution in [0.3, 0.4) is 0 Å². The molecule has 1 heterocycles. The van der Waals surface area contributed by atoms with E-state index in [0.717, 1.165) is 34.4 Å². The predicted molar refractivity (Wildman–Crippen MR) is 90.5 cm³/mol. The standard InChI is InChI=1S/C14H17BrCl2N4/c1-4-9(18-3)14-10(5-2)21(20-19-14)11-7-6-8(15)12(16)13(11)17/h6-7,9,18H,4-5H2,1-3H3. The number of nitrogens with one attached hydrogen (secondary N) is 1. The third-order valence-electron chi connectivity index (χ3n) is 3.46. The van der Waals surface area contributed by atoms with Crippen molar-refractivity contribution in [1.82, 2.24) is 20.3 Å². The van der Waals surface area contributed by atoms with Crippen LogP contribution in [0.1, 0.15) is 37.7 Å². The second kappa shape index (κ2) is 7.09. The van der Waals surface area contributed by atoms with Crippen molar-refractivity contribution in [2.75, 3.05) is 7.05 Å². The molecular formula is C14H17BrCl2N4. The Balaban J connectivity index is 2.58. The van der Waals surface area contributed by atoms with Gasteiger partial charge in [0.25, 0.3) is 0 Å². The van der Waals surface area contributed by atoms with Crippen molar-refractivity contribution in [2.45, 2.75) is 32.7 Å². The maximum Gasteiger partial charge on any atom is 0.103 e. The highest BCUT2D eigenvalue weighted by molar-refractivity contribution is 9.10. The minimum absolute atomic E-state index is 0.179. The molecule has 0 aliphatic carbocycles. The van der Waals surface area contributed by atoms with Crippen molar-refractivity contribution < 1.29 is 0 Å². The van der Waals surface area contributed by atoms with Gasteiger partial charge in [0.05, 0.1) is 27.5 Å². The molecule has 0 aliphatic heterocycles. The van der Waals surface area contributed by atoms with Crippen LogP contribution in [-0.2, 0) is 6.42 Å². The number of nitrogens with zero attached hydrogens (tertiary/aromatic N) is 3. The minimum Gasteiger partial charge on any atom is -0.312 e. The van der Waals surface area contributed by atoms with E-state index in [1.165, 1.54) is 0 Å². The molecule has 2 aromatic rings. The summed E-state index contributed by atoms with van der Waals surface area (Å²) < 4.78 is 2.54. The van der Waals surface area contributed by atoms with Crippen molar-refractivity contribution in [3.8, 4) is 5.69 Å². The Morgan fingerprint density at radius 1 is 1.29 bits per heavy atom. The van der Waals surface area contributed by atoms with Crippen LogP contribution in [0.25, 0.3) is 5.69 Å². The fourth-order valence-corrected chi connectivity index (χ4v) is 3.17. The molecule has 1 atom stereocenters. The van der Waals surface area contributed by atoms with Crippen LogP contribution in [0.2, 0.25) is 10.0 Å². The monoisotopic (exact) mass is 390 g/mol. The molecule has 0 radical (unpaired) electrons. The summed E-state index contributed by atoms with van der Waals surface area (Å²) in [6.45, 7) is 4.19. The van der Waals surface area contributed by atoms with Gasteiger partial charge in [-0.2, -0.15) is 0 Å². The molecule has 0 spiro atoms. The Morgan fingerprint density at radius 3 is 2.57 bits per heavy atom. The van der Waals surface area contributed by atoms with Gasteiger partial charge in [-0.05, 0) is 48.0 Å². The fourth-order valence-electron chi connectivity index (χ4n) is 2.32. The molecule has 0 amide bonds. The maximum absolute atomic E-state index is 6.35. The van der Waals surface area contributed by atoms with E-state index in [1.54, 1.807) is 4.68 Å². The first-order valence-corrected chi connectivity index (χ1v) is 8.35. The smallest absolute Gasteiger partial charge is 0.103 e. The van der Waals surface area contributed by atoms with Crippen LogP contribution in [0.4, 0.5) is 0 Å². The first-order valence-electron chi connectivity index (χ1n) is 6.80. The summed E-state index contributed by atoms with van der Waals surface area (Å²) in [7, 11) is 1.93. The molecule has 0 aliphatic rings. The van der Waals surface area contributed by atoms with Crippen LogP contribution in [-0.4, -0.2) is 22.0 Å². The Morgan fingerprint density at radius 2 is 2.00 bits per heavy atom. The zero-order chi connectivity index (χ0) is 15.6. The number of hydrogen-bond donors (Lipinski definition) is 1. The third kappa shape index (κ3) is 3.11. The van der Waals surface area contributed by atoms with Crippen LogP contribution >= 0.6 is 39.1 Å². The summed E-state index contributed by atoms with van der Waals surface area (Å²) in [6.07, 6.45) is 1.75. The van der Waals surface area contributed by atoms with Crippen LogP contribution in [0, 0.1) is 0 Å². The SMILES string of the molecule is CCc1c(C(CC)NC)nnn1-c1ccc(Br)c(Cl)c1Cl. The zero-order valence-electron chi connectivity index (χ0n) is 12.1. The molecule has 7 heteroatoms. The van der Waals surface area contributed by atoms with Gasteiger partial charge < -0.3 is 5.32 Å². The minimum atomic E-state index is 0.179. The molecule has 21 heavy (non-hydrogen) atoms. The van der Waals surface area contributed by atoms with Crippen molar-refractivity contribution in [1.29, 1.82) is 0 Å². The van der Waals surface area contributed by atoms with E-state index < -0.39 is 0 Å². The summed E-state index contributed by atoms with van der Waals surface area (Å²) >= 11 is 15.9. The lowest BCUT2D eigenvalue weighted by Crippen LogP contribution is -2.17. The van der Waals surface area contributed by atoms with Gasteiger partial charge in [-0.15, -0.1) is 5.10 Å². The van der Waals surface area contributed by atoms with E-state index >= 15 is 0 Å². The van der Waals surface area contributed by atoms with E-state index in [1.807, 2.05) is 19.2 Å². The highest BCUT2D eigenvalue weighted by Crippen LogP contribution is 2.35. The van der Waals surface area contributed by atoms with Gasteiger partial charge in [0, 0.05) is 4.47 Å². The Labute approximate surface area is 142 Å². The molecule has 0 saturated carbocycles. The van der Waals surface area contributed by atoms with Gasteiger partial charge in [-0.3, -0.25) is 0 Å². The van der Waals surface area contributed by atoms with Crippen LogP contribution in [0.5, 0.6) is 0 Å². The lowest BCUT2D eigenvalue weighted by molar-refractivity contribution is 0.555. The van der Waals surface area contributed by atoms with Gasteiger partial charge in [-0.25, -0.2) is 4.68 Å². The highest BCUT2D eigenvalue weighted by Gasteiger charge is 2.21. The average molecular weight is 392 g/mol. The van der Waals surface area contributed by atoms with E-state index in [9.17, 15) is 0 Å². The van der Waals surface area contributed by atoms with Crippen molar-refractivity contribution >= 4 is 39.1 Å². The molecule has 0 bridgehead atoms. The van der Waals surface area contributed by atoms with E-state index in [-0.39, 0.29) is 6.04 Å². The quantitative estimate of drug-likeness (QED) is 0.759. The van der Waals surface area contributed by atoms with Crippen molar-refractivity contribution in [3.05, 3.63) is 38.0 Å². The largest absolute Gasteiger partial charge is 0.312 e. The maximum atomic E-state index is 6.35. The molecule has 0 fully saturated rings. The van der Waals surface area contributed by atoms with Crippen molar-refractivity contribution in [2.24, 2.45) is 0 Å². The van der Waals surface area contributed by atoms with Crippen LogP contribution < -0.4 is 5.32 Å². The van der Waals surface area contributed by atoms with Gasteiger partial charge in [0.1, 0.15) is 5.69 Å². The first kappa shape index (κ1) is 16.7. The van der Waals surface area contributed by atoms with Crippen LogP contribution in [0.15, 0.2) is 16.6 Å². The topological polar surface area (TPSA) is 42.7 Å². The Hall–Kier alpha value is -0.620. The molecule has 1 unspecified atom stereocenters. The summed E-state index contributed by atoms with van der Waals surface area (Å²) in [4.78, 5) is 0. The number of rotatable bonds is 5. The molecule has 114 valence electrons. The summed E-state index contributed by atoms with van der Waals surface area (Å²) in [5.74, 6) is 0. The Kier molecular flexibility index (Phi) is 5.66. The first-order chi connectivity index (χ1) is 10.0. The molecule has 0 saturated heterocycles. The number of aromatic nitrogens is 3. The molecule has 1 aromatic heterocycles. The second-order valence-electron chi connectivity index (χ2n) is 4.63. The highest BCUT2D eigenvalue weighted by atomic mass is 79.9. The van der Waals surface area contributed by atoms with Gasteiger partial charge >= 0.3 is 0 Å². The molecule has 1 N–H and O–H groups in total. The molecule has 2 rings (SSSR count). The van der Waals surface area contributed by atoms with E-state index in [4.69, 9.17) is 23.2 Å². The van der Waals surface area contributed by atoms with Gasteiger partial charge in [-0.1, -0.05) is 42.3 Å². The normalized spacial score (nSPS) is 12.7. The second-order valence-corrected chi connectivity index (χ2v) is 6.24. The predicted octanol–water partition coefficient (Wildman–Crippen LogP) is 4.57. The Bertz CT molecular complexity index is 638. The molecule has 4 nitrogen and oxygen atoms in total. The van der Waals surface area contributed by atoms with E-state index in [0.29, 0.717) is 10.0 Å². The zero-order valence-corrected chi connectivity index (χ0v) is 15.2.